The zero-order valence-corrected chi connectivity index (χ0v) is 27.6. The normalized spacial score (nSPS) is 16.1. The van der Waals surface area contributed by atoms with Crippen molar-refractivity contribution < 1.29 is 9.59 Å². The Labute approximate surface area is 269 Å². The molecule has 0 unspecified atom stereocenters. The van der Waals surface area contributed by atoms with Gasteiger partial charge in [-0.25, -0.2) is 4.98 Å². The Hall–Kier alpha value is -5.04. The molecule has 1 aromatic carbocycles. The van der Waals surface area contributed by atoms with Crippen LogP contribution in [0.25, 0.3) is 39.3 Å². The summed E-state index contributed by atoms with van der Waals surface area (Å²) in [7, 11) is 0. The van der Waals surface area contributed by atoms with E-state index in [4.69, 9.17) is 9.97 Å². The molecule has 7 heteroatoms. The number of nitrogens with zero attached hydrogens (tertiary/aromatic N) is 3. The number of allylic oxidation sites excluding steroid dienone is 2. The van der Waals surface area contributed by atoms with Gasteiger partial charge in [0.2, 0.25) is 0 Å². The van der Waals surface area contributed by atoms with E-state index < -0.39 is 0 Å². The van der Waals surface area contributed by atoms with Crippen molar-refractivity contribution in [2.24, 2.45) is 0 Å². The molecule has 232 valence electrons. The number of hydrogen-bond acceptors (Lipinski definition) is 4. The van der Waals surface area contributed by atoms with E-state index in [0.717, 1.165) is 84.6 Å². The fourth-order valence-corrected chi connectivity index (χ4v) is 7.40. The van der Waals surface area contributed by atoms with Crippen molar-refractivity contribution >= 4 is 51.1 Å². The summed E-state index contributed by atoms with van der Waals surface area (Å²) in [5, 5.41) is 0. The van der Waals surface area contributed by atoms with Gasteiger partial charge >= 0.3 is 0 Å². The fourth-order valence-electron chi connectivity index (χ4n) is 7.40. The van der Waals surface area contributed by atoms with Gasteiger partial charge in [-0.1, -0.05) is 55.8 Å². The Kier molecular flexibility index (Phi) is 6.96. The van der Waals surface area contributed by atoms with Gasteiger partial charge < -0.3 is 9.97 Å². The predicted octanol–water partition coefficient (Wildman–Crippen LogP) is 8.67. The third-order valence-corrected chi connectivity index (χ3v) is 9.80. The van der Waals surface area contributed by atoms with E-state index in [1.807, 2.05) is 45.0 Å². The van der Waals surface area contributed by atoms with Crippen LogP contribution in [0.15, 0.2) is 43.0 Å². The van der Waals surface area contributed by atoms with Gasteiger partial charge in [-0.2, -0.15) is 0 Å². The van der Waals surface area contributed by atoms with Gasteiger partial charge in [0.1, 0.15) is 0 Å². The van der Waals surface area contributed by atoms with Crippen LogP contribution in [0.3, 0.4) is 0 Å². The zero-order chi connectivity index (χ0) is 32.6. The molecule has 4 aromatic rings. The number of carbonyl (C=O) groups is 2. The fraction of sp³-hybridized carbons (Fsp3) is 0.282. The summed E-state index contributed by atoms with van der Waals surface area (Å²) in [6.45, 7) is 18.8. The molecule has 0 aliphatic carbocycles. The maximum atomic E-state index is 14.5. The smallest absolute Gasteiger partial charge is 0.265 e. The van der Waals surface area contributed by atoms with E-state index in [0.29, 0.717) is 28.8 Å². The van der Waals surface area contributed by atoms with Crippen molar-refractivity contribution in [1.29, 1.82) is 0 Å². The van der Waals surface area contributed by atoms with E-state index in [2.05, 4.69) is 62.4 Å². The third kappa shape index (κ3) is 4.56. The largest absolute Gasteiger partial charge is 0.355 e. The first kappa shape index (κ1) is 29.7. The summed E-state index contributed by atoms with van der Waals surface area (Å²) >= 11 is 0. The first-order valence-corrected chi connectivity index (χ1v) is 16.0. The minimum absolute atomic E-state index is 0.0811. The number of imide groups is 1. The summed E-state index contributed by atoms with van der Waals surface area (Å²) in [4.78, 5) is 47.4. The van der Waals surface area contributed by atoms with Gasteiger partial charge in [-0.05, 0) is 93.5 Å². The van der Waals surface area contributed by atoms with Crippen LogP contribution in [0.4, 0.5) is 0 Å². The predicted molar refractivity (Wildman–Crippen MR) is 186 cm³/mol. The molecule has 3 aromatic heterocycles. The van der Waals surface area contributed by atoms with Crippen molar-refractivity contribution in [1.82, 2.24) is 24.8 Å². The number of aromatic nitrogens is 4. The molecule has 8 bridgehead atoms. The Morgan fingerprint density at radius 3 is 2.22 bits per heavy atom. The molecule has 1 atom stereocenters. The molecular weight excluding hydrogens is 570 g/mol. The summed E-state index contributed by atoms with van der Waals surface area (Å²) in [6.07, 6.45) is 3.28. The molecule has 7 nitrogen and oxygen atoms in total. The first-order chi connectivity index (χ1) is 22.0. The Balaban J connectivity index is 1.59. The summed E-state index contributed by atoms with van der Waals surface area (Å²) in [6, 6.07) is 12.4. The first-order valence-electron chi connectivity index (χ1n) is 16.0. The van der Waals surface area contributed by atoms with Crippen LogP contribution in [-0.2, 0) is 13.0 Å². The van der Waals surface area contributed by atoms with Crippen molar-refractivity contribution in [3.63, 3.8) is 0 Å². The van der Waals surface area contributed by atoms with Crippen molar-refractivity contribution in [3.8, 4) is 0 Å². The molecule has 0 saturated carbocycles. The standard InChI is InChI=1S/C39H39N5O2/c1-9-26-22(6)29-15-28-21(5)14-34(40-28)36-37-35(38(45)44(39(36)46)18-25-12-19(3)11-20(4)13-25)24(8)31(43-37)17-33-27(10-2)23(7)30(42-33)16-32(26)41-29/h9,11-13,15-17,21,41,43H,1,10,14,18H2,2-8H3/t21-/m0/s1. The molecule has 2 N–H and O–H groups in total. The molecule has 3 aliphatic heterocycles. The second-order valence-corrected chi connectivity index (χ2v) is 13.0. The molecule has 0 spiro atoms. The highest BCUT2D eigenvalue weighted by Crippen LogP contribution is 2.38. The number of aryl methyl sites for hydroxylation is 4. The van der Waals surface area contributed by atoms with E-state index in [1.54, 1.807) is 0 Å². The Morgan fingerprint density at radius 1 is 0.848 bits per heavy atom. The van der Waals surface area contributed by atoms with Gasteiger partial charge in [-0.3, -0.25) is 19.5 Å². The number of amides is 2. The Bertz CT molecular complexity index is 2210. The summed E-state index contributed by atoms with van der Waals surface area (Å²) in [5.74, 6) is -0.532. The molecule has 0 saturated heterocycles. The number of aromatic amines is 2. The lowest BCUT2D eigenvalue weighted by Gasteiger charge is -2.26. The number of fused-ring (bicyclic) bond motifs is 8. The molecule has 2 amide bonds. The molecule has 6 heterocycles. The van der Waals surface area contributed by atoms with E-state index in [-0.39, 0.29) is 24.3 Å². The minimum Gasteiger partial charge on any atom is -0.355 e. The van der Waals surface area contributed by atoms with E-state index in [1.165, 1.54) is 4.90 Å². The maximum Gasteiger partial charge on any atom is 0.265 e. The lowest BCUT2D eigenvalue weighted by molar-refractivity contribution is 0.0597. The zero-order valence-electron chi connectivity index (χ0n) is 27.6. The van der Waals surface area contributed by atoms with Crippen LogP contribution < -0.4 is 0 Å². The number of hydrogen-bond donors (Lipinski definition) is 2. The number of nitrogens with one attached hydrogen (secondary N) is 2. The van der Waals surface area contributed by atoms with Crippen LogP contribution in [0.5, 0.6) is 0 Å². The third-order valence-electron chi connectivity index (χ3n) is 9.80. The molecule has 0 radical (unpaired) electrons. The Morgan fingerprint density at radius 2 is 1.52 bits per heavy atom. The SMILES string of the molecule is C=Cc1c(C)c2cc3nc(c4c5[nH]c(cc6nc(cc1[nH]2)C(C)=C6CC)c(C)c5C(=O)N(Cc1cc(C)cc(C)c1)C4=O)C[C@@H]3C. The summed E-state index contributed by atoms with van der Waals surface area (Å²) in [5.41, 5.74) is 15.8. The van der Waals surface area contributed by atoms with Crippen LogP contribution in [0, 0.1) is 27.7 Å². The number of H-pyrrole nitrogens is 2. The van der Waals surface area contributed by atoms with Crippen LogP contribution in [0.1, 0.15) is 110 Å². The lowest BCUT2D eigenvalue weighted by atomic mass is 9.96. The van der Waals surface area contributed by atoms with Gasteiger partial charge in [-0.15, -0.1) is 0 Å². The number of carbonyl (C=O) groups excluding carboxylic acids is 2. The van der Waals surface area contributed by atoms with Gasteiger partial charge in [0, 0.05) is 33.7 Å². The van der Waals surface area contributed by atoms with Crippen molar-refractivity contribution in [3.05, 3.63) is 110 Å². The van der Waals surface area contributed by atoms with Gasteiger partial charge in [0.15, 0.2) is 0 Å². The van der Waals surface area contributed by atoms with E-state index >= 15 is 0 Å². The van der Waals surface area contributed by atoms with Crippen LogP contribution in [0.2, 0.25) is 0 Å². The summed E-state index contributed by atoms with van der Waals surface area (Å²) < 4.78 is 0. The molecule has 3 aliphatic rings. The molecule has 0 fully saturated rings. The van der Waals surface area contributed by atoms with Crippen LogP contribution >= 0.6 is 0 Å². The molecular formula is C39H39N5O2. The topological polar surface area (TPSA) is 94.7 Å². The van der Waals surface area contributed by atoms with Crippen molar-refractivity contribution in [2.45, 2.75) is 73.8 Å². The van der Waals surface area contributed by atoms with Gasteiger partial charge in [0.05, 0.1) is 40.3 Å². The monoisotopic (exact) mass is 609 g/mol. The second kappa shape index (κ2) is 10.8. The van der Waals surface area contributed by atoms with Crippen LogP contribution in [-0.4, -0.2) is 36.7 Å². The second-order valence-electron chi connectivity index (χ2n) is 13.0. The highest BCUT2D eigenvalue weighted by Gasteiger charge is 2.38. The van der Waals surface area contributed by atoms with E-state index in [9.17, 15) is 9.59 Å². The minimum atomic E-state index is -0.321. The average Bonchev–Trinajstić information content (AvgIpc) is 3.69. The quantitative estimate of drug-likeness (QED) is 0.226. The lowest BCUT2D eigenvalue weighted by Crippen LogP contribution is -2.40. The average molecular weight is 610 g/mol. The van der Waals surface area contributed by atoms with Gasteiger partial charge in [0.25, 0.3) is 11.8 Å². The highest BCUT2D eigenvalue weighted by molar-refractivity contribution is 6.23. The van der Waals surface area contributed by atoms with Crippen molar-refractivity contribution in [2.75, 3.05) is 0 Å². The molecule has 46 heavy (non-hydrogen) atoms. The highest BCUT2D eigenvalue weighted by atomic mass is 16.2. The number of rotatable bonds is 4. The number of benzene rings is 1. The molecule has 7 rings (SSSR count). The maximum absolute atomic E-state index is 14.5.